The molecule has 21 heavy (non-hydrogen) atoms. The minimum absolute atomic E-state index is 0.0424. The van der Waals surface area contributed by atoms with Crippen LogP contribution in [-0.2, 0) is 4.74 Å². The Balaban J connectivity index is 2.16. The Morgan fingerprint density at radius 1 is 1.52 bits per heavy atom. The largest absolute Gasteiger partial charge is 0.387 e. The first-order chi connectivity index (χ1) is 9.86. The molecule has 0 aromatic carbocycles. The van der Waals surface area contributed by atoms with Gasteiger partial charge in [0, 0.05) is 7.05 Å². The summed E-state index contributed by atoms with van der Waals surface area (Å²) in [4.78, 5) is 12.3. The van der Waals surface area contributed by atoms with Gasteiger partial charge in [-0.15, -0.1) is 0 Å². The zero-order valence-electron chi connectivity index (χ0n) is 11.9. The zero-order chi connectivity index (χ0) is 15.4. The maximum absolute atomic E-state index is 14.8. The second-order valence-electron chi connectivity index (χ2n) is 5.29. The molecule has 0 aliphatic carbocycles. The van der Waals surface area contributed by atoms with Gasteiger partial charge in [-0.2, -0.15) is 9.97 Å². The van der Waals surface area contributed by atoms with Crippen molar-refractivity contribution in [3.8, 4) is 0 Å². The molecule has 3 heterocycles. The summed E-state index contributed by atoms with van der Waals surface area (Å²) in [5.74, 6) is 0.490. The lowest BCUT2D eigenvalue weighted by molar-refractivity contribution is -0.0423. The highest BCUT2D eigenvalue weighted by Gasteiger charge is 2.53. The van der Waals surface area contributed by atoms with E-state index in [1.165, 1.54) is 17.8 Å². The van der Waals surface area contributed by atoms with E-state index < -0.39 is 24.1 Å². The van der Waals surface area contributed by atoms with E-state index in [1.54, 1.807) is 14.0 Å². The standard InChI is InChI=1S/C12H17FN6O2/c1-5-7(20)12(2,13)10(21-5)19-4-16-6-8(15-3)17-11(14)18-9(6)19/h4-5,7,10,20H,1-3H3,(H3,14,15,17,18)/t5-,7-,10-,12-/m1/s1. The molecule has 0 spiro atoms. The van der Waals surface area contributed by atoms with Crippen LogP contribution in [0.2, 0.25) is 0 Å². The molecule has 0 saturated carbocycles. The SMILES string of the molecule is CNc1nc(N)nc2c1ncn2[C@@H]1O[C@H](C)[C@@H](O)[C@@]1(C)F. The molecule has 2 aromatic heterocycles. The van der Waals surface area contributed by atoms with E-state index >= 15 is 0 Å². The summed E-state index contributed by atoms with van der Waals surface area (Å²) in [6, 6.07) is 0. The van der Waals surface area contributed by atoms with Crippen molar-refractivity contribution in [2.45, 2.75) is 38.0 Å². The summed E-state index contributed by atoms with van der Waals surface area (Å²) in [6.45, 7) is 2.91. The van der Waals surface area contributed by atoms with Crippen LogP contribution in [0.25, 0.3) is 11.2 Å². The first-order valence-corrected chi connectivity index (χ1v) is 6.56. The predicted octanol–water partition coefficient (Wildman–Crippen LogP) is 0.457. The molecule has 1 saturated heterocycles. The molecule has 1 aliphatic heterocycles. The quantitative estimate of drug-likeness (QED) is 0.738. The van der Waals surface area contributed by atoms with Crippen LogP contribution in [0.1, 0.15) is 20.1 Å². The number of rotatable bonds is 2. The molecule has 4 N–H and O–H groups in total. The van der Waals surface area contributed by atoms with E-state index in [4.69, 9.17) is 10.5 Å². The number of alkyl halides is 1. The van der Waals surface area contributed by atoms with Gasteiger partial charge in [-0.05, 0) is 13.8 Å². The first kappa shape index (κ1) is 14.0. The lowest BCUT2D eigenvalue weighted by Crippen LogP contribution is -2.38. The number of fused-ring (bicyclic) bond motifs is 1. The zero-order valence-corrected chi connectivity index (χ0v) is 11.9. The molecule has 1 fully saturated rings. The van der Waals surface area contributed by atoms with Gasteiger partial charge in [-0.3, -0.25) is 4.57 Å². The van der Waals surface area contributed by atoms with Crippen molar-refractivity contribution in [2.24, 2.45) is 0 Å². The highest BCUT2D eigenvalue weighted by atomic mass is 19.1. The molecule has 8 nitrogen and oxygen atoms in total. The van der Waals surface area contributed by atoms with Crippen LogP contribution in [0.15, 0.2) is 6.33 Å². The van der Waals surface area contributed by atoms with Crippen molar-refractivity contribution in [3.05, 3.63) is 6.33 Å². The Morgan fingerprint density at radius 2 is 2.24 bits per heavy atom. The van der Waals surface area contributed by atoms with Gasteiger partial charge in [0.25, 0.3) is 0 Å². The minimum Gasteiger partial charge on any atom is -0.387 e. The van der Waals surface area contributed by atoms with Gasteiger partial charge in [0.05, 0.1) is 12.4 Å². The van der Waals surface area contributed by atoms with E-state index in [1.807, 2.05) is 0 Å². The number of aromatic nitrogens is 4. The number of anilines is 2. The molecule has 2 aromatic rings. The number of nitrogens with zero attached hydrogens (tertiary/aromatic N) is 4. The Bertz CT molecular complexity index is 688. The van der Waals surface area contributed by atoms with Crippen LogP contribution in [0.4, 0.5) is 16.2 Å². The maximum atomic E-state index is 14.8. The van der Waals surface area contributed by atoms with Gasteiger partial charge < -0.3 is 20.9 Å². The van der Waals surface area contributed by atoms with E-state index in [-0.39, 0.29) is 5.95 Å². The number of hydrogen-bond donors (Lipinski definition) is 3. The third kappa shape index (κ3) is 1.92. The number of aliphatic hydroxyl groups excluding tert-OH is 1. The third-order valence-electron chi connectivity index (χ3n) is 3.78. The van der Waals surface area contributed by atoms with Crippen molar-refractivity contribution in [1.82, 2.24) is 19.5 Å². The molecule has 4 atom stereocenters. The Kier molecular flexibility index (Phi) is 2.99. The van der Waals surface area contributed by atoms with Crippen molar-refractivity contribution < 1.29 is 14.2 Å². The number of nitrogens with two attached hydrogens (primary N) is 1. The molecule has 0 bridgehead atoms. The Labute approximate surface area is 120 Å². The van der Waals surface area contributed by atoms with Crippen LogP contribution >= 0.6 is 0 Å². The summed E-state index contributed by atoms with van der Waals surface area (Å²) in [7, 11) is 1.68. The molecule has 9 heteroatoms. The topological polar surface area (TPSA) is 111 Å². The fourth-order valence-corrected chi connectivity index (χ4v) is 2.63. The van der Waals surface area contributed by atoms with Crippen LogP contribution < -0.4 is 11.1 Å². The molecule has 0 amide bonds. The van der Waals surface area contributed by atoms with Gasteiger partial charge in [-0.25, -0.2) is 9.37 Å². The van der Waals surface area contributed by atoms with Crippen molar-refractivity contribution in [1.29, 1.82) is 0 Å². The fraction of sp³-hybridized carbons (Fsp3) is 0.583. The lowest BCUT2D eigenvalue weighted by atomic mass is 9.99. The van der Waals surface area contributed by atoms with Crippen LogP contribution in [0, 0.1) is 0 Å². The highest BCUT2D eigenvalue weighted by molar-refractivity contribution is 5.84. The molecule has 3 rings (SSSR count). The molecule has 0 radical (unpaired) electrons. The number of hydrogen-bond acceptors (Lipinski definition) is 7. The highest BCUT2D eigenvalue weighted by Crippen LogP contribution is 2.42. The van der Waals surface area contributed by atoms with E-state index in [2.05, 4.69) is 20.3 Å². The smallest absolute Gasteiger partial charge is 0.224 e. The molecular weight excluding hydrogens is 279 g/mol. The lowest BCUT2D eigenvalue weighted by Gasteiger charge is -2.24. The van der Waals surface area contributed by atoms with Gasteiger partial charge in [0.2, 0.25) is 5.95 Å². The average Bonchev–Trinajstić information content (AvgIpc) is 2.92. The minimum atomic E-state index is -1.97. The number of halogens is 1. The van der Waals surface area contributed by atoms with Crippen LogP contribution in [-0.4, -0.2) is 49.5 Å². The van der Waals surface area contributed by atoms with Gasteiger partial charge in [-0.1, -0.05) is 0 Å². The average molecular weight is 296 g/mol. The number of aliphatic hydroxyl groups is 1. The van der Waals surface area contributed by atoms with Gasteiger partial charge >= 0.3 is 0 Å². The molecule has 114 valence electrons. The van der Waals surface area contributed by atoms with Crippen molar-refractivity contribution >= 4 is 22.9 Å². The number of imidazole rings is 1. The second kappa shape index (κ2) is 4.50. The fourth-order valence-electron chi connectivity index (χ4n) is 2.63. The molecule has 1 aliphatic rings. The predicted molar refractivity (Wildman–Crippen MR) is 74.4 cm³/mol. The number of nitrogens with one attached hydrogen (secondary N) is 1. The molecular formula is C12H17FN6O2. The van der Waals surface area contributed by atoms with Crippen molar-refractivity contribution in [3.63, 3.8) is 0 Å². The Hall–Kier alpha value is -2.00. The third-order valence-corrected chi connectivity index (χ3v) is 3.78. The number of nitrogen functional groups attached to an aromatic ring is 1. The van der Waals surface area contributed by atoms with Crippen LogP contribution in [0.3, 0.4) is 0 Å². The van der Waals surface area contributed by atoms with Gasteiger partial charge in [0.15, 0.2) is 28.9 Å². The van der Waals surface area contributed by atoms with Gasteiger partial charge in [0.1, 0.15) is 6.10 Å². The molecule has 0 unspecified atom stereocenters. The maximum Gasteiger partial charge on any atom is 0.224 e. The van der Waals surface area contributed by atoms with E-state index in [9.17, 15) is 9.50 Å². The normalized spacial score (nSPS) is 32.7. The summed E-state index contributed by atoms with van der Waals surface area (Å²) in [6.07, 6.45) is -1.49. The number of ether oxygens (including phenoxy) is 1. The summed E-state index contributed by atoms with van der Waals surface area (Å²) in [5.41, 5.74) is 4.50. The summed E-state index contributed by atoms with van der Waals surface area (Å²) >= 11 is 0. The van der Waals surface area contributed by atoms with Crippen molar-refractivity contribution in [2.75, 3.05) is 18.1 Å². The Morgan fingerprint density at radius 3 is 2.81 bits per heavy atom. The summed E-state index contributed by atoms with van der Waals surface area (Å²) in [5, 5.41) is 12.8. The summed E-state index contributed by atoms with van der Waals surface area (Å²) < 4.78 is 21.7. The second-order valence-corrected chi connectivity index (χ2v) is 5.29. The monoisotopic (exact) mass is 296 g/mol. The van der Waals surface area contributed by atoms with E-state index in [0.29, 0.717) is 17.0 Å². The van der Waals surface area contributed by atoms with E-state index in [0.717, 1.165) is 0 Å². The first-order valence-electron chi connectivity index (χ1n) is 6.56. The van der Waals surface area contributed by atoms with Crippen LogP contribution in [0.5, 0.6) is 0 Å².